The van der Waals surface area contributed by atoms with E-state index >= 15 is 0 Å². The summed E-state index contributed by atoms with van der Waals surface area (Å²) in [5.41, 5.74) is 3.91. The Kier molecular flexibility index (Phi) is 6.28. The lowest BCUT2D eigenvalue weighted by Crippen LogP contribution is -2.38. The number of aliphatic carboxylic acids is 1. The van der Waals surface area contributed by atoms with Crippen LogP contribution in [0.3, 0.4) is 0 Å². The van der Waals surface area contributed by atoms with Gasteiger partial charge in [0.15, 0.2) is 0 Å². The lowest BCUT2D eigenvalue weighted by Gasteiger charge is -2.36. The summed E-state index contributed by atoms with van der Waals surface area (Å²) in [6, 6.07) is 23.3. The van der Waals surface area contributed by atoms with Crippen molar-refractivity contribution < 1.29 is 9.90 Å². The van der Waals surface area contributed by atoms with Crippen molar-refractivity contribution in [2.75, 3.05) is 23.9 Å². The number of benzene rings is 3. The van der Waals surface area contributed by atoms with Crippen LogP contribution in [-0.4, -0.2) is 55.2 Å². The second kappa shape index (κ2) is 10.1. The zero-order chi connectivity index (χ0) is 26.9. The van der Waals surface area contributed by atoms with Crippen LogP contribution in [0.5, 0.6) is 0 Å². The van der Waals surface area contributed by atoms with Gasteiger partial charge in [0, 0.05) is 43.3 Å². The van der Waals surface area contributed by atoms with Gasteiger partial charge in [-0.25, -0.2) is 4.79 Å². The highest BCUT2D eigenvalue weighted by Crippen LogP contribution is 2.43. The molecule has 10 heteroatoms. The minimum atomic E-state index is -1.00. The van der Waals surface area contributed by atoms with Crippen molar-refractivity contribution in [3.8, 4) is 0 Å². The Morgan fingerprint density at radius 3 is 2.44 bits per heavy atom. The molecular weight excluding hydrogens is 492 g/mol. The van der Waals surface area contributed by atoms with Crippen LogP contribution in [-0.2, 0) is 17.9 Å². The molecule has 196 valence electrons. The average molecular weight is 521 g/mol. The number of carboxylic acids is 1. The first-order chi connectivity index (χ1) is 19.0. The number of hydrogen-bond acceptors (Lipinski definition) is 7. The van der Waals surface area contributed by atoms with Gasteiger partial charge in [0.05, 0.1) is 5.57 Å². The molecule has 0 saturated heterocycles. The molecule has 1 aliphatic rings. The van der Waals surface area contributed by atoms with Gasteiger partial charge < -0.3 is 10.0 Å². The van der Waals surface area contributed by atoms with Crippen LogP contribution in [0.4, 0.5) is 11.6 Å². The summed E-state index contributed by atoms with van der Waals surface area (Å²) in [6.07, 6.45) is 4.68. The van der Waals surface area contributed by atoms with E-state index in [4.69, 9.17) is 0 Å². The fourth-order valence-electron chi connectivity index (χ4n) is 5.40. The molecular formula is C29H28N8O2. The molecule has 10 nitrogen and oxygen atoms in total. The number of carbonyl (C=O) groups is 1. The monoisotopic (exact) mass is 520 g/mol. The maximum Gasteiger partial charge on any atom is 0.335 e. The van der Waals surface area contributed by atoms with Gasteiger partial charge in [-0.05, 0) is 51.9 Å². The predicted molar refractivity (Wildman–Crippen MR) is 148 cm³/mol. The summed E-state index contributed by atoms with van der Waals surface area (Å²) >= 11 is 0. The number of anilines is 2. The van der Waals surface area contributed by atoms with Crippen LogP contribution in [0.15, 0.2) is 96.5 Å². The van der Waals surface area contributed by atoms with Gasteiger partial charge in [-0.15, -0.1) is 0 Å². The molecule has 2 aromatic heterocycles. The summed E-state index contributed by atoms with van der Waals surface area (Å²) in [7, 11) is 4.00. The molecule has 1 atom stereocenters. The smallest absolute Gasteiger partial charge is 0.335 e. The summed E-state index contributed by atoms with van der Waals surface area (Å²) in [5, 5.41) is 29.8. The number of fused-ring (bicyclic) bond motifs is 2. The van der Waals surface area contributed by atoms with E-state index in [1.165, 1.54) is 0 Å². The second-order valence-corrected chi connectivity index (χ2v) is 9.71. The minimum Gasteiger partial charge on any atom is -0.478 e. The molecule has 1 N–H and O–H groups in total. The molecule has 39 heavy (non-hydrogen) atoms. The molecule has 0 amide bonds. The summed E-state index contributed by atoms with van der Waals surface area (Å²) in [5.74, 6) is -0.528. The number of aromatic nitrogens is 6. The molecule has 1 aliphatic heterocycles. The number of allylic oxidation sites excluding steroid dienone is 1. The van der Waals surface area contributed by atoms with Crippen molar-refractivity contribution in [3.63, 3.8) is 0 Å². The van der Waals surface area contributed by atoms with E-state index < -0.39 is 12.0 Å². The number of hydrogen-bond donors (Lipinski definition) is 1. The average Bonchev–Trinajstić information content (AvgIpc) is 3.64. The normalized spacial score (nSPS) is 15.0. The molecule has 5 aromatic rings. The fourth-order valence-corrected chi connectivity index (χ4v) is 5.40. The van der Waals surface area contributed by atoms with Gasteiger partial charge in [0.25, 0.3) is 5.95 Å². The lowest BCUT2D eigenvalue weighted by atomic mass is 9.89. The van der Waals surface area contributed by atoms with Crippen molar-refractivity contribution in [1.29, 1.82) is 0 Å². The van der Waals surface area contributed by atoms with E-state index in [2.05, 4.69) is 43.7 Å². The Bertz CT molecular complexity index is 1660. The Hall–Kier alpha value is -4.99. The standard InChI is InChI=1S/C29H28N8O2/c1-34(2)24-16-14-23(21-11-6-7-12-22(21)24)27-26(28(38)39)25(15-13-20-9-4-3-5-10-20)36(19-35-18-8-17-30-35)29-31-32-33-37(27)29/h3-12,14,16-18,27H,13,15,19H2,1-2H3,(H,38,39). The number of aryl methyl sites for hydroxylation is 1. The van der Waals surface area contributed by atoms with Crippen LogP contribution in [0.25, 0.3) is 10.8 Å². The SMILES string of the molecule is CN(C)c1ccc(C2C(C(=O)O)=C(CCc3ccccc3)N(Cn3cccn3)c3nnnn32)c2ccccc12. The molecule has 3 heterocycles. The Balaban J connectivity index is 1.57. The van der Waals surface area contributed by atoms with Crippen LogP contribution >= 0.6 is 0 Å². The Morgan fingerprint density at radius 2 is 1.72 bits per heavy atom. The third-order valence-corrected chi connectivity index (χ3v) is 7.15. The number of nitrogens with zero attached hydrogens (tertiary/aromatic N) is 8. The fraction of sp³-hybridized carbons (Fsp3) is 0.207. The molecule has 3 aromatic carbocycles. The number of carboxylic acid groups (broad SMARTS) is 1. The van der Waals surface area contributed by atoms with Crippen LogP contribution in [0.1, 0.15) is 23.6 Å². The van der Waals surface area contributed by atoms with E-state index in [0.717, 1.165) is 27.6 Å². The Labute approximate surface area is 225 Å². The van der Waals surface area contributed by atoms with Crippen LogP contribution in [0.2, 0.25) is 0 Å². The molecule has 0 spiro atoms. The van der Waals surface area contributed by atoms with E-state index in [0.29, 0.717) is 24.5 Å². The molecule has 0 fully saturated rings. The van der Waals surface area contributed by atoms with Gasteiger partial charge in [0.2, 0.25) is 0 Å². The highest BCUT2D eigenvalue weighted by molar-refractivity contribution is 5.99. The van der Waals surface area contributed by atoms with Crippen molar-refractivity contribution in [2.45, 2.75) is 25.6 Å². The highest BCUT2D eigenvalue weighted by Gasteiger charge is 2.40. The Morgan fingerprint density at radius 1 is 0.949 bits per heavy atom. The van der Waals surface area contributed by atoms with E-state index in [-0.39, 0.29) is 12.2 Å². The van der Waals surface area contributed by atoms with Crippen molar-refractivity contribution >= 4 is 28.4 Å². The number of rotatable bonds is 8. The summed E-state index contributed by atoms with van der Waals surface area (Å²) in [4.78, 5) is 17.1. The third-order valence-electron chi connectivity index (χ3n) is 7.15. The van der Waals surface area contributed by atoms with Gasteiger partial charge in [-0.3, -0.25) is 9.58 Å². The first-order valence-corrected chi connectivity index (χ1v) is 12.7. The molecule has 0 radical (unpaired) electrons. The molecule has 0 bridgehead atoms. The van der Waals surface area contributed by atoms with Crippen LogP contribution in [0, 0.1) is 0 Å². The second-order valence-electron chi connectivity index (χ2n) is 9.71. The zero-order valence-corrected chi connectivity index (χ0v) is 21.7. The molecule has 6 rings (SSSR count). The van der Waals surface area contributed by atoms with Gasteiger partial charge in [-0.1, -0.05) is 65.8 Å². The largest absolute Gasteiger partial charge is 0.478 e. The summed E-state index contributed by atoms with van der Waals surface area (Å²) < 4.78 is 3.36. The maximum absolute atomic E-state index is 13.2. The lowest BCUT2D eigenvalue weighted by molar-refractivity contribution is -0.133. The predicted octanol–water partition coefficient (Wildman–Crippen LogP) is 4.13. The third kappa shape index (κ3) is 4.39. The molecule has 0 aliphatic carbocycles. The highest BCUT2D eigenvalue weighted by atomic mass is 16.4. The van der Waals surface area contributed by atoms with Crippen LogP contribution < -0.4 is 9.80 Å². The van der Waals surface area contributed by atoms with Gasteiger partial charge in [0.1, 0.15) is 12.7 Å². The first kappa shape index (κ1) is 24.4. The first-order valence-electron chi connectivity index (χ1n) is 12.7. The van der Waals surface area contributed by atoms with Gasteiger partial charge in [-0.2, -0.15) is 9.78 Å². The van der Waals surface area contributed by atoms with Gasteiger partial charge >= 0.3 is 5.97 Å². The minimum absolute atomic E-state index is 0.251. The van der Waals surface area contributed by atoms with E-state index in [1.807, 2.05) is 79.8 Å². The zero-order valence-electron chi connectivity index (χ0n) is 21.7. The topological polar surface area (TPSA) is 105 Å². The van der Waals surface area contributed by atoms with Crippen molar-refractivity contribution in [2.24, 2.45) is 0 Å². The van der Waals surface area contributed by atoms with E-state index in [1.54, 1.807) is 15.6 Å². The quantitative estimate of drug-likeness (QED) is 0.326. The molecule has 1 unspecified atom stereocenters. The van der Waals surface area contributed by atoms with Crippen molar-refractivity contribution in [3.05, 3.63) is 108 Å². The maximum atomic E-state index is 13.2. The number of tetrazole rings is 1. The molecule has 0 saturated carbocycles. The summed E-state index contributed by atoms with van der Waals surface area (Å²) in [6.45, 7) is 0.279. The van der Waals surface area contributed by atoms with Crippen molar-refractivity contribution in [1.82, 2.24) is 30.0 Å². The van der Waals surface area contributed by atoms with E-state index in [9.17, 15) is 9.90 Å².